The van der Waals surface area contributed by atoms with E-state index in [9.17, 15) is 5.26 Å². The van der Waals surface area contributed by atoms with Gasteiger partial charge < -0.3 is 4.74 Å². The Hall–Kier alpha value is -1.41. The normalized spacial score (nSPS) is 30.8. The molecule has 0 spiro atoms. The van der Waals surface area contributed by atoms with Gasteiger partial charge in [-0.2, -0.15) is 5.26 Å². The van der Waals surface area contributed by atoms with Gasteiger partial charge in [-0.05, 0) is 12.5 Å². The Labute approximate surface area is 133 Å². The summed E-state index contributed by atoms with van der Waals surface area (Å²) in [6, 6.07) is 13.2. The minimum atomic E-state index is -0.309. The molecule has 3 rings (SSSR count). The Morgan fingerprint density at radius 3 is 2.59 bits per heavy atom. The van der Waals surface area contributed by atoms with Crippen LogP contribution in [0, 0.1) is 11.3 Å². The summed E-state index contributed by atoms with van der Waals surface area (Å²) < 4.78 is 5.64. The second kappa shape index (κ2) is 6.78. The molecule has 2 aliphatic heterocycles. The van der Waals surface area contributed by atoms with E-state index in [0.717, 1.165) is 45.6 Å². The maximum Gasteiger partial charge on any atom is 0.114 e. The fourth-order valence-electron chi connectivity index (χ4n) is 3.70. The summed E-state index contributed by atoms with van der Waals surface area (Å²) >= 11 is 0. The van der Waals surface area contributed by atoms with Crippen molar-refractivity contribution in [3.05, 3.63) is 35.9 Å². The average molecular weight is 299 g/mol. The summed E-state index contributed by atoms with van der Waals surface area (Å²) in [5.74, 6) is 0. The number of hydrogen-bond donors (Lipinski definition) is 0. The van der Waals surface area contributed by atoms with Crippen LogP contribution in [-0.2, 0) is 11.3 Å². The van der Waals surface area contributed by atoms with Crippen molar-refractivity contribution >= 4 is 0 Å². The van der Waals surface area contributed by atoms with Crippen LogP contribution in [0.15, 0.2) is 30.3 Å². The molecule has 2 aliphatic rings. The van der Waals surface area contributed by atoms with Crippen LogP contribution in [0.2, 0.25) is 0 Å². The van der Waals surface area contributed by atoms with Crippen LogP contribution in [0.5, 0.6) is 0 Å². The fourth-order valence-corrected chi connectivity index (χ4v) is 3.70. The monoisotopic (exact) mass is 299 g/mol. The molecule has 22 heavy (non-hydrogen) atoms. The van der Waals surface area contributed by atoms with Gasteiger partial charge in [0.05, 0.1) is 12.2 Å². The smallest absolute Gasteiger partial charge is 0.114 e. The average Bonchev–Trinajstić information content (AvgIpc) is 2.56. The highest BCUT2D eigenvalue weighted by atomic mass is 16.5. The van der Waals surface area contributed by atoms with Crippen LogP contribution < -0.4 is 0 Å². The van der Waals surface area contributed by atoms with Crippen LogP contribution in [0.3, 0.4) is 0 Å². The number of piperazine rings is 1. The van der Waals surface area contributed by atoms with Gasteiger partial charge in [-0.1, -0.05) is 30.3 Å². The van der Waals surface area contributed by atoms with Gasteiger partial charge in [-0.15, -0.1) is 0 Å². The van der Waals surface area contributed by atoms with Crippen molar-refractivity contribution < 1.29 is 4.74 Å². The lowest BCUT2D eigenvalue weighted by molar-refractivity contribution is -0.0561. The first-order valence-electron chi connectivity index (χ1n) is 8.26. The maximum atomic E-state index is 9.75. The molecule has 0 aromatic heterocycles. The van der Waals surface area contributed by atoms with E-state index < -0.39 is 0 Å². The van der Waals surface area contributed by atoms with Crippen LogP contribution in [0.1, 0.15) is 25.3 Å². The third-order valence-electron chi connectivity index (χ3n) is 4.98. The molecule has 2 atom stereocenters. The number of nitriles is 1. The van der Waals surface area contributed by atoms with Crippen molar-refractivity contribution in [3.8, 4) is 6.07 Å². The number of benzene rings is 1. The molecular weight excluding hydrogens is 274 g/mol. The van der Waals surface area contributed by atoms with Gasteiger partial charge in [0, 0.05) is 52.2 Å². The molecule has 0 saturated carbocycles. The van der Waals surface area contributed by atoms with Gasteiger partial charge >= 0.3 is 0 Å². The molecule has 0 aliphatic carbocycles. The molecule has 4 nitrogen and oxygen atoms in total. The Kier molecular flexibility index (Phi) is 4.77. The van der Waals surface area contributed by atoms with Crippen molar-refractivity contribution in [1.29, 1.82) is 5.26 Å². The topological polar surface area (TPSA) is 39.5 Å². The van der Waals surface area contributed by atoms with Crippen molar-refractivity contribution in [2.45, 2.75) is 38.0 Å². The lowest BCUT2D eigenvalue weighted by Crippen LogP contribution is -2.59. The lowest BCUT2D eigenvalue weighted by Gasteiger charge is -2.46. The predicted molar refractivity (Wildman–Crippen MR) is 86.3 cm³/mol. The minimum absolute atomic E-state index is 0.191. The minimum Gasteiger partial charge on any atom is -0.378 e. The van der Waals surface area contributed by atoms with Crippen LogP contribution in [-0.4, -0.2) is 54.2 Å². The van der Waals surface area contributed by atoms with Crippen molar-refractivity contribution in [2.24, 2.45) is 0 Å². The number of rotatable bonds is 3. The number of hydrogen-bond acceptors (Lipinski definition) is 4. The number of nitrogens with zero attached hydrogens (tertiary/aromatic N) is 3. The predicted octanol–water partition coefficient (Wildman–Crippen LogP) is 2.27. The summed E-state index contributed by atoms with van der Waals surface area (Å²) in [6.45, 7) is 7.82. The van der Waals surface area contributed by atoms with E-state index in [1.54, 1.807) is 0 Å². The first-order chi connectivity index (χ1) is 10.7. The molecule has 0 radical (unpaired) electrons. The zero-order valence-corrected chi connectivity index (χ0v) is 13.4. The van der Waals surface area contributed by atoms with Crippen molar-refractivity contribution in [1.82, 2.24) is 9.80 Å². The van der Waals surface area contributed by atoms with E-state index in [-0.39, 0.29) is 11.6 Å². The highest BCUT2D eigenvalue weighted by Crippen LogP contribution is 2.31. The van der Waals surface area contributed by atoms with E-state index in [0.29, 0.717) is 6.61 Å². The van der Waals surface area contributed by atoms with Crippen molar-refractivity contribution in [2.75, 3.05) is 32.8 Å². The molecule has 0 amide bonds. The van der Waals surface area contributed by atoms with E-state index >= 15 is 0 Å². The highest BCUT2D eigenvalue weighted by Gasteiger charge is 2.42. The first-order valence-corrected chi connectivity index (χ1v) is 8.26. The third kappa shape index (κ3) is 3.33. The molecule has 2 saturated heterocycles. The van der Waals surface area contributed by atoms with Crippen molar-refractivity contribution in [3.63, 3.8) is 0 Å². The summed E-state index contributed by atoms with van der Waals surface area (Å²) in [6.07, 6.45) is 1.87. The molecule has 2 unspecified atom stereocenters. The molecule has 4 heteroatoms. The van der Waals surface area contributed by atoms with Crippen LogP contribution >= 0.6 is 0 Å². The largest absolute Gasteiger partial charge is 0.378 e. The van der Waals surface area contributed by atoms with Gasteiger partial charge in [0.15, 0.2) is 0 Å². The molecule has 118 valence electrons. The molecule has 0 N–H and O–H groups in total. The van der Waals surface area contributed by atoms with E-state index in [2.05, 4.69) is 53.1 Å². The Morgan fingerprint density at radius 2 is 1.95 bits per heavy atom. The third-order valence-corrected chi connectivity index (χ3v) is 4.98. The summed E-state index contributed by atoms with van der Waals surface area (Å²) in [4.78, 5) is 4.88. The van der Waals surface area contributed by atoms with Gasteiger partial charge in [-0.3, -0.25) is 9.80 Å². The second-order valence-electron chi connectivity index (χ2n) is 6.53. The fraction of sp³-hybridized carbons (Fsp3) is 0.611. The number of ether oxygens (including phenoxy) is 1. The summed E-state index contributed by atoms with van der Waals surface area (Å²) in [5.41, 5.74) is 1.06. The molecule has 0 bridgehead atoms. The van der Waals surface area contributed by atoms with Gasteiger partial charge in [-0.25, -0.2) is 0 Å². The molecule has 2 heterocycles. The van der Waals surface area contributed by atoms with E-state index in [1.165, 1.54) is 5.56 Å². The van der Waals surface area contributed by atoms with Crippen LogP contribution in [0.25, 0.3) is 0 Å². The zero-order chi connectivity index (χ0) is 15.4. The lowest BCUT2D eigenvalue weighted by atomic mass is 9.86. The molecule has 1 aromatic carbocycles. The SMILES string of the molecule is CC1CC(C#N)(N2CCN(Cc3ccccc3)CC2)CCO1. The summed E-state index contributed by atoms with van der Waals surface area (Å²) in [7, 11) is 0. The van der Waals surface area contributed by atoms with E-state index in [4.69, 9.17) is 4.74 Å². The highest BCUT2D eigenvalue weighted by molar-refractivity contribution is 5.15. The summed E-state index contributed by atoms with van der Waals surface area (Å²) in [5, 5.41) is 9.75. The quantitative estimate of drug-likeness (QED) is 0.858. The Bertz CT molecular complexity index is 519. The van der Waals surface area contributed by atoms with Gasteiger partial charge in [0.2, 0.25) is 0 Å². The van der Waals surface area contributed by atoms with E-state index in [1.807, 2.05) is 0 Å². The Balaban J connectivity index is 1.58. The standard InChI is InChI=1S/C18H25N3O/c1-16-13-18(15-19,7-12-22-16)21-10-8-20(9-11-21)14-17-5-3-2-4-6-17/h2-6,16H,7-14H2,1H3. The Morgan fingerprint density at radius 1 is 1.23 bits per heavy atom. The molecular formula is C18H25N3O. The van der Waals surface area contributed by atoms with Gasteiger partial charge in [0.25, 0.3) is 0 Å². The van der Waals surface area contributed by atoms with Gasteiger partial charge in [0.1, 0.15) is 5.54 Å². The second-order valence-corrected chi connectivity index (χ2v) is 6.53. The maximum absolute atomic E-state index is 9.75. The molecule has 2 fully saturated rings. The van der Waals surface area contributed by atoms with Crippen LogP contribution in [0.4, 0.5) is 0 Å². The first kappa shape index (κ1) is 15.5. The molecule has 1 aromatic rings. The zero-order valence-electron chi connectivity index (χ0n) is 13.4.